The summed E-state index contributed by atoms with van der Waals surface area (Å²) in [6.07, 6.45) is 1.40. The Labute approximate surface area is 93.1 Å². The molecule has 1 aromatic heterocycles. The van der Waals surface area contributed by atoms with Crippen LogP contribution >= 0.6 is 15.9 Å². The highest BCUT2D eigenvalue weighted by Gasteiger charge is 2.06. The minimum Gasteiger partial charge on any atom is -0.313 e. The molecule has 2 N–H and O–H groups in total. The molecular weight excluding hydrogens is 260 g/mol. The van der Waals surface area contributed by atoms with Crippen LogP contribution in [0.25, 0.3) is 11.1 Å². The molecule has 0 saturated heterocycles. The molecular formula is C10H7BrN2O2. The lowest BCUT2D eigenvalue weighted by atomic mass is 10.1. The summed E-state index contributed by atoms with van der Waals surface area (Å²) in [6.45, 7) is 0. The summed E-state index contributed by atoms with van der Waals surface area (Å²) in [7, 11) is 0. The summed E-state index contributed by atoms with van der Waals surface area (Å²) in [6, 6.07) is 7.31. The fourth-order valence-electron chi connectivity index (χ4n) is 1.29. The molecule has 1 heterocycles. The van der Waals surface area contributed by atoms with Crippen LogP contribution < -0.4 is 11.2 Å². The van der Waals surface area contributed by atoms with Crippen LogP contribution in [0.2, 0.25) is 0 Å². The second-order valence-electron chi connectivity index (χ2n) is 2.97. The smallest absolute Gasteiger partial charge is 0.313 e. The maximum Gasteiger partial charge on any atom is 0.325 e. The van der Waals surface area contributed by atoms with Crippen molar-refractivity contribution in [1.29, 1.82) is 0 Å². The van der Waals surface area contributed by atoms with Gasteiger partial charge in [-0.2, -0.15) is 0 Å². The SMILES string of the molecule is O=c1[nH]cc(-c2ccccc2Br)c(=O)[nH]1. The highest BCUT2D eigenvalue weighted by Crippen LogP contribution is 2.24. The third-order valence-electron chi connectivity index (χ3n) is 1.98. The Morgan fingerprint density at radius 3 is 2.47 bits per heavy atom. The topological polar surface area (TPSA) is 65.7 Å². The fraction of sp³-hybridized carbons (Fsp3) is 0. The number of rotatable bonds is 1. The van der Waals surface area contributed by atoms with Crippen LogP contribution in [0.1, 0.15) is 0 Å². The molecule has 0 unspecified atom stereocenters. The van der Waals surface area contributed by atoms with Crippen LogP contribution in [0.3, 0.4) is 0 Å². The van der Waals surface area contributed by atoms with E-state index in [1.165, 1.54) is 6.20 Å². The van der Waals surface area contributed by atoms with Crippen molar-refractivity contribution >= 4 is 15.9 Å². The standard InChI is InChI=1S/C10H7BrN2O2/c11-8-4-2-1-3-6(8)7-5-12-10(15)13-9(7)14/h1-5H,(H2,12,13,14,15). The first-order valence-electron chi connectivity index (χ1n) is 4.25. The summed E-state index contributed by atoms with van der Waals surface area (Å²) < 4.78 is 0.808. The Kier molecular flexibility index (Phi) is 2.55. The zero-order chi connectivity index (χ0) is 10.8. The Bertz CT molecular complexity index is 601. The van der Waals surface area contributed by atoms with Crippen LogP contribution in [0, 0.1) is 0 Å². The van der Waals surface area contributed by atoms with Gasteiger partial charge in [-0.05, 0) is 6.07 Å². The van der Waals surface area contributed by atoms with Gasteiger partial charge in [-0.25, -0.2) is 4.79 Å². The summed E-state index contributed by atoms with van der Waals surface area (Å²) in [5, 5.41) is 0. The van der Waals surface area contributed by atoms with Crippen LogP contribution in [-0.2, 0) is 0 Å². The highest BCUT2D eigenvalue weighted by atomic mass is 79.9. The van der Waals surface area contributed by atoms with Crippen molar-refractivity contribution < 1.29 is 0 Å². The van der Waals surface area contributed by atoms with Crippen molar-refractivity contribution in [3.8, 4) is 11.1 Å². The van der Waals surface area contributed by atoms with Crippen LogP contribution in [-0.4, -0.2) is 9.97 Å². The first-order valence-corrected chi connectivity index (χ1v) is 5.04. The number of hydrogen-bond donors (Lipinski definition) is 2. The van der Waals surface area contributed by atoms with Crippen LogP contribution in [0.5, 0.6) is 0 Å². The van der Waals surface area contributed by atoms with E-state index >= 15 is 0 Å². The van der Waals surface area contributed by atoms with E-state index in [-0.39, 0.29) is 0 Å². The molecule has 4 nitrogen and oxygen atoms in total. The second kappa shape index (κ2) is 3.86. The summed E-state index contributed by atoms with van der Waals surface area (Å²) >= 11 is 3.34. The number of H-pyrrole nitrogens is 2. The lowest BCUT2D eigenvalue weighted by Gasteiger charge is -2.01. The monoisotopic (exact) mass is 266 g/mol. The van der Waals surface area contributed by atoms with Gasteiger partial charge in [0.05, 0.1) is 5.56 Å². The van der Waals surface area contributed by atoms with Crippen molar-refractivity contribution in [2.75, 3.05) is 0 Å². The first-order chi connectivity index (χ1) is 7.18. The van der Waals surface area contributed by atoms with Gasteiger partial charge in [-0.15, -0.1) is 0 Å². The molecule has 0 bridgehead atoms. The molecule has 0 amide bonds. The molecule has 0 spiro atoms. The van der Waals surface area contributed by atoms with E-state index in [0.29, 0.717) is 5.56 Å². The van der Waals surface area contributed by atoms with Crippen LogP contribution in [0.15, 0.2) is 44.5 Å². The molecule has 0 atom stereocenters. The van der Waals surface area contributed by atoms with Crippen molar-refractivity contribution in [3.63, 3.8) is 0 Å². The van der Waals surface area contributed by atoms with E-state index in [4.69, 9.17) is 0 Å². The zero-order valence-electron chi connectivity index (χ0n) is 7.58. The van der Waals surface area contributed by atoms with Crippen molar-refractivity contribution in [1.82, 2.24) is 9.97 Å². The number of benzene rings is 1. The average molecular weight is 267 g/mol. The minimum absolute atomic E-state index is 0.398. The van der Waals surface area contributed by atoms with Gasteiger partial charge in [0.25, 0.3) is 5.56 Å². The van der Waals surface area contributed by atoms with E-state index in [0.717, 1.165) is 10.0 Å². The first kappa shape index (κ1) is 9.92. The van der Waals surface area contributed by atoms with E-state index < -0.39 is 11.2 Å². The maximum atomic E-state index is 11.5. The second-order valence-corrected chi connectivity index (χ2v) is 3.82. The van der Waals surface area contributed by atoms with E-state index in [9.17, 15) is 9.59 Å². The van der Waals surface area contributed by atoms with E-state index in [2.05, 4.69) is 25.9 Å². The van der Waals surface area contributed by atoms with Gasteiger partial charge in [0.15, 0.2) is 0 Å². The minimum atomic E-state index is -0.504. The average Bonchev–Trinajstić information content (AvgIpc) is 2.20. The van der Waals surface area contributed by atoms with Crippen molar-refractivity contribution in [2.45, 2.75) is 0 Å². The lowest BCUT2D eigenvalue weighted by Crippen LogP contribution is -2.22. The molecule has 2 aromatic rings. The van der Waals surface area contributed by atoms with Gasteiger partial charge >= 0.3 is 5.69 Å². The third-order valence-corrected chi connectivity index (χ3v) is 2.67. The molecule has 0 fully saturated rings. The summed E-state index contributed by atoms with van der Waals surface area (Å²) in [4.78, 5) is 26.9. The molecule has 0 aliphatic heterocycles. The third kappa shape index (κ3) is 1.92. The van der Waals surface area contributed by atoms with Gasteiger partial charge in [0, 0.05) is 16.2 Å². The highest BCUT2D eigenvalue weighted by molar-refractivity contribution is 9.10. The molecule has 0 aliphatic carbocycles. The number of aromatic amines is 2. The molecule has 0 aliphatic rings. The number of halogens is 1. The Hall–Kier alpha value is -1.62. The summed E-state index contributed by atoms with van der Waals surface area (Å²) in [5.74, 6) is 0. The maximum absolute atomic E-state index is 11.5. The lowest BCUT2D eigenvalue weighted by molar-refractivity contribution is 1.04. The molecule has 2 rings (SSSR count). The quantitative estimate of drug-likeness (QED) is 0.822. The van der Waals surface area contributed by atoms with Gasteiger partial charge in [-0.1, -0.05) is 34.1 Å². The molecule has 15 heavy (non-hydrogen) atoms. The van der Waals surface area contributed by atoms with E-state index in [1.54, 1.807) is 6.07 Å². The number of aromatic nitrogens is 2. The Balaban J connectivity index is 2.70. The van der Waals surface area contributed by atoms with Crippen molar-refractivity contribution in [3.05, 3.63) is 55.8 Å². The molecule has 5 heteroatoms. The van der Waals surface area contributed by atoms with Gasteiger partial charge in [0.1, 0.15) is 0 Å². The van der Waals surface area contributed by atoms with Gasteiger partial charge in [0.2, 0.25) is 0 Å². The van der Waals surface area contributed by atoms with E-state index in [1.807, 2.05) is 18.2 Å². The Morgan fingerprint density at radius 1 is 1.07 bits per heavy atom. The molecule has 76 valence electrons. The van der Waals surface area contributed by atoms with Crippen LogP contribution in [0.4, 0.5) is 0 Å². The molecule has 0 radical (unpaired) electrons. The Morgan fingerprint density at radius 2 is 1.80 bits per heavy atom. The number of nitrogens with one attached hydrogen (secondary N) is 2. The van der Waals surface area contributed by atoms with Crippen molar-refractivity contribution in [2.24, 2.45) is 0 Å². The predicted octanol–water partition coefficient (Wildman–Crippen LogP) is 1.49. The normalized spacial score (nSPS) is 10.2. The van der Waals surface area contributed by atoms with Gasteiger partial charge in [-0.3, -0.25) is 9.78 Å². The fourth-order valence-corrected chi connectivity index (χ4v) is 1.79. The summed E-state index contributed by atoms with van der Waals surface area (Å²) in [5.41, 5.74) is 0.276. The zero-order valence-corrected chi connectivity index (χ0v) is 9.17. The number of hydrogen-bond acceptors (Lipinski definition) is 2. The largest absolute Gasteiger partial charge is 0.325 e. The molecule has 1 aromatic carbocycles. The predicted molar refractivity (Wildman–Crippen MR) is 60.8 cm³/mol. The molecule has 0 saturated carbocycles. The van der Waals surface area contributed by atoms with Gasteiger partial charge < -0.3 is 4.98 Å².